The van der Waals surface area contributed by atoms with Gasteiger partial charge in [0.1, 0.15) is 5.75 Å². The van der Waals surface area contributed by atoms with Crippen LogP contribution < -0.4 is 10.1 Å². The van der Waals surface area contributed by atoms with Gasteiger partial charge in [0.15, 0.2) is 0 Å². The molecule has 2 aromatic rings. The number of fused-ring (bicyclic) bond motifs is 1. The zero-order valence-corrected chi connectivity index (χ0v) is 11.5. The maximum absolute atomic E-state index is 5.46. The molecule has 0 unspecified atom stereocenters. The molecule has 2 aromatic carbocycles. The highest BCUT2D eigenvalue weighted by Gasteiger charge is 2.15. The van der Waals surface area contributed by atoms with E-state index in [0.29, 0.717) is 0 Å². The number of ether oxygens (including phenoxy) is 1. The van der Waals surface area contributed by atoms with Crippen LogP contribution in [-0.2, 0) is 6.42 Å². The standard InChI is InChI=1S/C17H21NO/c1-19-17-7-6-14(12-13-8-10-18-11-9-13)15-4-2-3-5-16(15)17/h2-7,13,18H,8-12H2,1H3. The van der Waals surface area contributed by atoms with Gasteiger partial charge in [-0.15, -0.1) is 0 Å². The lowest BCUT2D eigenvalue weighted by atomic mass is 9.89. The van der Waals surface area contributed by atoms with Crippen molar-refractivity contribution in [3.63, 3.8) is 0 Å². The van der Waals surface area contributed by atoms with E-state index in [-0.39, 0.29) is 0 Å². The summed E-state index contributed by atoms with van der Waals surface area (Å²) in [5.74, 6) is 1.79. The van der Waals surface area contributed by atoms with E-state index in [1.807, 2.05) is 0 Å². The van der Waals surface area contributed by atoms with Gasteiger partial charge < -0.3 is 10.1 Å². The van der Waals surface area contributed by atoms with Crippen molar-refractivity contribution in [2.45, 2.75) is 19.3 Å². The van der Waals surface area contributed by atoms with Crippen LogP contribution in [0, 0.1) is 5.92 Å². The van der Waals surface area contributed by atoms with Crippen LogP contribution in [0.25, 0.3) is 10.8 Å². The smallest absolute Gasteiger partial charge is 0.126 e. The minimum atomic E-state index is 0.818. The Bertz CT molecular complexity index is 558. The van der Waals surface area contributed by atoms with Crippen LogP contribution in [-0.4, -0.2) is 20.2 Å². The maximum atomic E-state index is 5.46. The van der Waals surface area contributed by atoms with E-state index in [0.717, 1.165) is 11.7 Å². The molecule has 1 N–H and O–H groups in total. The summed E-state index contributed by atoms with van der Waals surface area (Å²) in [5.41, 5.74) is 1.46. The van der Waals surface area contributed by atoms with E-state index in [1.54, 1.807) is 7.11 Å². The predicted octanol–water partition coefficient (Wildman–Crippen LogP) is 3.39. The summed E-state index contributed by atoms with van der Waals surface area (Å²) in [6, 6.07) is 12.9. The van der Waals surface area contributed by atoms with Crippen molar-refractivity contribution in [2.75, 3.05) is 20.2 Å². The molecule has 2 nitrogen and oxygen atoms in total. The van der Waals surface area contributed by atoms with Gasteiger partial charge in [0.05, 0.1) is 7.11 Å². The Morgan fingerprint density at radius 3 is 2.53 bits per heavy atom. The number of piperidine rings is 1. The molecular weight excluding hydrogens is 234 g/mol. The first-order valence-corrected chi connectivity index (χ1v) is 7.14. The van der Waals surface area contributed by atoms with Gasteiger partial charge in [-0.1, -0.05) is 30.3 Å². The molecular formula is C17H21NO. The lowest BCUT2D eigenvalue weighted by Gasteiger charge is -2.23. The highest BCUT2D eigenvalue weighted by Crippen LogP contribution is 2.30. The summed E-state index contributed by atoms with van der Waals surface area (Å²) in [7, 11) is 1.74. The van der Waals surface area contributed by atoms with Gasteiger partial charge in [0.2, 0.25) is 0 Å². The average molecular weight is 255 g/mol. The minimum absolute atomic E-state index is 0.818. The molecule has 0 radical (unpaired) electrons. The molecule has 3 rings (SSSR count). The number of rotatable bonds is 3. The van der Waals surface area contributed by atoms with Crippen molar-refractivity contribution in [3.05, 3.63) is 42.0 Å². The molecule has 19 heavy (non-hydrogen) atoms. The molecule has 0 bridgehead atoms. The van der Waals surface area contributed by atoms with Crippen LogP contribution in [0.2, 0.25) is 0 Å². The van der Waals surface area contributed by atoms with Gasteiger partial charge >= 0.3 is 0 Å². The monoisotopic (exact) mass is 255 g/mol. The van der Waals surface area contributed by atoms with Crippen LogP contribution in [0.4, 0.5) is 0 Å². The van der Waals surface area contributed by atoms with Crippen molar-refractivity contribution < 1.29 is 4.74 Å². The van der Waals surface area contributed by atoms with E-state index < -0.39 is 0 Å². The molecule has 1 aliphatic heterocycles. The molecule has 0 amide bonds. The predicted molar refractivity (Wildman–Crippen MR) is 79.8 cm³/mol. The third-order valence-corrected chi connectivity index (χ3v) is 4.16. The van der Waals surface area contributed by atoms with E-state index in [9.17, 15) is 0 Å². The van der Waals surface area contributed by atoms with Gasteiger partial charge in [-0.3, -0.25) is 0 Å². The summed E-state index contributed by atoms with van der Waals surface area (Å²) in [5, 5.41) is 6.02. The van der Waals surface area contributed by atoms with Crippen LogP contribution in [0.1, 0.15) is 18.4 Å². The highest BCUT2D eigenvalue weighted by atomic mass is 16.5. The van der Waals surface area contributed by atoms with E-state index in [4.69, 9.17) is 4.74 Å². The second kappa shape index (κ2) is 5.62. The Kier molecular flexibility index (Phi) is 3.69. The first-order chi connectivity index (χ1) is 9.38. The van der Waals surface area contributed by atoms with Crippen molar-refractivity contribution in [1.29, 1.82) is 0 Å². The van der Waals surface area contributed by atoms with Crippen molar-refractivity contribution in [3.8, 4) is 5.75 Å². The molecule has 0 aliphatic carbocycles. The van der Waals surface area contributed by atoms with Crippen LogP contribution in [0.5, 0.6) is 5.75 Å². The zero-order valence-electron chi connectivity index (χ0n) is 11.5. The van der Waals surface area contributed by atoms with Crippen molar-refractivity contribution >= 4 is 10.8 Å². The summed E-state index contributed by atoms with van der Waals surface area (Å²) in [6.45, 7) is 2.33. The third-order valence-electron chi connectivity index (χ3n) is 4.16. The SMILES string of the molecule is COc1ccc(CC2CCNCC2)c2ccccc12. The summed E-state index contributed by atoms with van der Waals surface area (Å²) < 4.78 is 5.46. The fourth-order valence-electron chi connectivity index (χ4n) is 3.09. The number of nitrogens with one attached hydrogen (secondary N) is 1. The largest absolute Gasteiger partial charge is 0.496 e. The first kappa shape index (κ1) is 12.5. The fourth-order valence-corrected chi connectivity index (χ4v) is 3.09. The second-order valence-corrected chi connectivity index (χ2v) is 5.37. The van der Waals surface area contributed by atoms with E-state index >= 15 is 0 Å². The number of hydrogen-bond donors (Lipinski definition) is 1. The van der Waals surface area contributed by atoms with Gasteiger partial charge in [-0.25, -0.2) is 0 Å². The van der Waals surface area contributed by atoms with Crippen molar-refractivity contribution in [1.82, 2.24) is 5.32 Å². The molecule has 100 valence electrons. The number of hydrogen-bond acceptors (Lipinski definition) is 2. The number of methoxy groups -OCH3 is 1. The molecule has 2 heteroatoms. The van der Waals surface area contributed by atoms with Gasteiger partial charge in [-0.05, 0) is 55.3 Å². The molecule has 1 aliphatic rings. The van der Waals surface area contributed by atoms with Crippen LogP contribution in [0.3, 0.4) is 0 Å². The Morgan fingerprint density at radius 2 is 1.79 bits per heavy atom. The summed E-state index contributed by atoms with van der Waals surface area (Å²) in [4.78, 5) is 0. The summed E-state index contributed by atoms with van der Waals surface area (Å²) in [6.07, 6.45) is 3.77. The lowest BCUT2D eigenvalue weighted by Crippen LogP contribution is -2.28. The van der Waals surface area contributed by atoms with Gasteiger partial charge in [0.25, 0.3) is 0 Å². The Hall–Kier alpha value is -1.54. The minimum Gasteiger partial charge on any atom is -0.496 e. The normalized spacial score (nSPS) is 16.7. The van der Waals surface area contributed by atoms with Crippen LogP contribution in [0.15, 0.2) is 36.4 Å². The molecule has 0 aromatic heterocycles. The molecule has 1 fully saturated rings. The Labute approximate surface area is 114 Å². The van der Waals surface area contributed by atoms with E-state index in [2.05, 4.69) is 41.7 Å². The Morgan fingerprint density at radius 1 is 1.05 bits per heavy atom. The molecule has 0 saturated carbocycles. The topological polar surface area (TPSA) is 21.3 Å². The van der Waals surface area contributed by atoms with Gasteiger partial charge in [-0.2, -0.15) is 0 Å². The summed E-state index contributed by atoms with van der Waals surface area (Å²) >= 11 is 0. The fraction of sp³-hybridized carbons (Fsp3) is 0.412. The molecule has 1 saturated heterocycles. The first-order valence-electron chi connectivity index (χ1n) is 7.14. The molecule has 1 heterocycles. The third kappa shape index (κ3) is 2.59. The van der Waals surface area contributed by atoms with Crippen molar-refractivity contribution in [2.24, 2.45) is 5.92 Å². The van der Waals surface area contributed by atoms with E-state index in [1.165, 1.54) is 48.7 Å². The molecule has 0 spiro atoms. The zero-order chi connectivity index (χ0) is 13.1. The lowest BCUT2D eigenvalue weighted by molar-refractivity contribution is 0.373. The quantitative estimate of drug-likeness (QED) is 0.907. The Balaban J connectivity index is 1.94. The highest BCUT2D eigenvalue weighted by molar-refractivity contribution is 5.91. The second-order valence-electron chi connectivity index (χ2n) is 5.37. The maximum Gasteiger partial charge on any atom is 0.126 e. The molecule has 0 atom stereocenters. The average Bonchev–Trinajstić information content (AvgIpc) is 2.49. The van der Waals surface area contributed by atoms with Gasteiger partial charge in [0, 0.05) is 5.39 Å². The number of benzene rings is 2. The van der Waals surface area contributed by atoms with Crippen LogP contribution >= 0.6 is 0 Å².